The van der Waals surface area contributed by atoms with Gasteiger partial charge >= 0.3 is 0 Å². The predicted octanol–water partition coefficient (Wildman–Crippen LogP) is 4.52. The number of para-hydroxylation sites is 1. The number of nitrogens with one attached hydrogen (secondary N) is 2. The maximum Gasteiger partial charge on any atom is 0.262 e. The first-order valence-electron chi connectivity index (χ1n) is 11.9. The summed E-state index contributed by atoms with van der Waals surface area (Å²) in [4.78, 5) is 43.1. The SMILES string of the molecule is O=C(CSc1nc2ccccc2c(=O)n1C1CCCCC1)Nc1cccc(C(=O)NC2CC2)c1. The lowest BCUT2D eigenvalue weighted by atomic mass is 9.95. The van der Waals surface area contributed by atoms with Crippen LogP contribution >= 0.6 is 11.8 Å². The van der Waals surface area contributed by atoms with Crippen molar-refractivity contribution in [2.75, 3.05) is 11.1 Å². The Morgan fingerprint density at radius 1 is 1.00 bits per heavy atom. The minimum atomic E-state index is -0.206. The molecule has 0 unspecified atom stereocenters. The number of aromatic nitrogens is 2. The maximum absolute atomic E-state index is 13.3. The average molecular weight is 477 g/mol. The molecule has 8 heteroatoms. The summed E-state index contributed by atoms with van der Waals surface area (Å²) in [6.07, 6.45) is 7.33. The van der Waals surface area contributed by atoms with Gasteiger partial charge in [-0.2, -0.15) is 0 Å². The molecule has 7 nitrogen and oxygen atoms in total. The third-order valence-corrected chi connectivity index (χ3v) is 7.32. The molecule has 2 amide bonds. The van der Waals surface area contributed by atoms with E-state index < -0.39 is 0 Å². The van der Waals surface area contributed by atoms with Crippen molar-refractivity contribution < 1.29 is 9.59 Å². The molecule has 2 N–H and O–H groups in total. The molecule has 5 rings (SSSR count). The van der Waals surface area contributed by atoms with Crippen molar-refractivity contribution in [3.8, 4) is 0 Å². The van der Waals surface area contributed by atoms with Crippen molar-refractivity contribution in [2.24, 2.45) is 0 Å². The zero-order chi connectivity index (χ0) is 23.5. The van der Waals surface area contributed by atoms with Gasteiger partial charge in [0.25, 0.3) is 11.5 Å². The smallest absolute Gasteiger partial charge is 0.262 e. The van der Waals surface area contributed by atoms with Crippen LogP contribution in [0.25, 0.3) is 10.9 Å². The number of benzene rings is 2. The molecule has 0 bridgehead atoms. The molecule has 0 aliphatic heterocycles. The Labute approximate surface area is 202 Å². The number of nitrogens with zero attached hydrogens (tertiary/aromatic N) is 2. The van der Waals surface area contributed by atoms with Crippen molar-refractivity contribution in [3.63, 3.8) is 0 Å². The van der Waals surface area contributed by atoms with E-state index in [1.165, 1.54) is 18.2 Å². The number of rotatable bonds is 7. The largest absolute Gasteiger partial charge is 0.349 e. The monoisotopic (exact) mass is 476 g/mol. The molecular weight excluding hydrogens is 448 g/mol. The molecule has 0 radical (unpaired) electrons. The highest BCUT2D eigenvalue weighted by molar-refractivity contribution is 7.99. The average Bonchev–Trinajstić information content (AvgIpc) is 3.67. The van der Waals surface area contributed by atoms with Crippen LogP contribution in [-0.2, 0) is 4.79 Å². The van der Waals surface area contributed by atoms with E-state index in [0.717, 1.165) is 38.5 Å². The Bertz CT molecular complexity index is 1280. The van der Waals surface area contributed by atoms with Gasteiger partial charge in [0.2, 0.25) is 5.91 Å². The lowest BCUT2D eigenvalue weighted by molar-refractivity contribution is -0.113. The summed E-state index contributed by atoms with van der Waals surface area (Å²) < 4.78 is 1.81. The zero-order valence-corrected chi connectivity index (χ0v) is 19.8. The summed E-state index contributed by atoms with van der Waals surface area (Å²) in [6.45, 7) is 0. The number of carbonyl (C=O) groups excluding carboxylic acids is 2. The van der Waals surface area contributed by atoms with Gasteiger partial charge in [-0.05, 0) is 56.0 Å². The van der Waals surface area contributed by atoms with E-state index >= 15 is 0 Å². The molecule has 3 aromatic rings. The number of fused-ring (bicyclic) bond motifs is 1. The number of carbonyl (C=O) groups is 2. The fourth-order valence-corrected chi connectivity index (χ4v) is 5.32. The number of thioether (sulfide) groups is 1. The van der Waals surface area contributed by atoms with Crippen LogP contribution in [0, 0.1) is 0 Å². The molecule has 2 aliphatic carbocycles. The van der Waals surface area contributed by atoms with Gasteiger partial charge in [0.1, 0.15) is 0 Å². The van der Waals surface area contributed by atoms with Crippen molar-refractivity contribution in [3.05, 3.63) is 64.4 Å². The summed E-state index contributed by atoms with van der Waals surface area (Å²) >= 11 is 1.28. The van der Waals surface area contributed by atoms with Crippen molar-refractivity contribution in [1.29, 1.82) is 0 Å². The van der Waals surface area contributed by atoms with E-state index in [0.29, 0.717) is 27.3 Å². The summed E-state index contributed by atoms with van der Waals surface area (Å²) in [5.74, 6) is -0.206. The van der Waals surface area contributed by atoms with Crippen molar-refractivity contribution >= 4 is 40.2 Å². The summed E-state index contributed by atoms with van der Waals surface area (Å²) in [5.41, 5.74) is 1.72. The van der Waals surface area contributed by atoms with Gasteiger partial charge in [-0.3, -0.25) is 19.0 Å². The Kier molecular flexibility index (Phi) is 6.67. The summed E-state index contributed by atoms with van der Waals surface area (Å²) in [6, 6.07) is 14.7. The normalized spacial score (nSPS) is 16.4. The third-order valence-electron chi connectivity index (χ3n) is 6.37. The maximum atomic E-state index is 13.3. The fourth-order valence-electron chi connectivity index (χ4n) is 4.45. The second-order valence-electron chi connectivity index (χ2n) is 9.04. The standard InChI is InChI=1S/C26H28N4O3S/c31-23(27-19-8-6-7-17(15-19)24(32)28-18-13-14-18)16-34-26-29-22-12-5-4-11-21(22)25(33)30(26)20-9-2-1-3-10-20/h4-8,11-12,15,18,20H,1-3,9-10,13-14,16H2,(H,27,31)(H,28,32). The lowest BCUT2D eigenvalue weighted by Gasteiger charge is -2.26. The highest BCUT2D eigenvalue weighted by Crippen LogP contribution is 2.31. The van der Waals surface area contributed by atoms with Gasteiger partial charge in [-0.15, -0.1) is 0 Å². The second kappa shape index (κ2) is 10.0. The summed E-state index contributed by atoms with van der Waals surface area (Å²) in [7, 11) is 0. The van der Waals surface area contributed by atoms with E-state index in [4.69, 9.17) is 4.98 Å². The van der Waals surface area contributed by atoms with Crippen LogP contribution in [0.15, 0.2) is 58.5 Å². The van der Waals surface area contributed by atoms with E-state index in [1.807, 2.05) is 28.8 Å². The van der Waals surface area contributed by atoms with Gasteiger partial charge in [0.15, 0.2) is 5.16 Å². The first-order valence-corrected chi connectivity index (χ1v) is 12.9. The Balaban J connectivity index is 1.32. The molecule has 0 spiro atoms. The van der Waals surface area contributed by atoms with Gasteiger partial charge in [-0.1, -0.05) is 49.2 Å². The molecule has 34 heavy (non-hydrogen) atoms. The van der Waals surface area contributed by atoms with E-state index in [2.05, 4.69) is 10.6 Å². The molecule has 2 aliphatic rings. The van der Waals surface area contributed by atoms with Gasteiger partial charge in [0.05, 0.1) is 16.7 Å². The number of amides is 2. The van der Waals surface area contributed by atoms with E-state index in [-0.39, 0.29) is 35.2 Å². The first kappa shape index (κ1) is 22.7. The Morgan fingerprint density at radius 2 is 1.79 bits per heavy atom. The number of anilines is 1. The van der Waals surface area contributed by atoms with Crippen LogP contribution < -0.4 is 16.2 Å². The van der Waals surface area contributed by atoms with Crippen LogP contribution in [0.5, 0.6) is 0 Å². The highest BCUT2D eigenvalue weighted by atomic mass is 32.2. The molecule has 2 saturated carbocycles. The molecule has 1 aromatic heterocycles. The molecule has 0 atom stereocenters. The predicted molar refractivity (Wildman–Crippen MR) is 134 cm³/mol. The van der Waals surface area contributed by atoms with Crippen molar-refractivity contribution in [2.45, 2.75) is 62.2 Å². The number of hydrogen-bond donors (Lipinski definition) is 2. The minimum absolute atomic E-state index is 0.0326. The van der Waals surface area contributed by atoms with Crippen LogP contribution in [0.2, 0.25) is 0 Å². The van der Waals surface area contributed by atoms with Crippen LogP contribution in [0.4, 0.5) is 5.69 Å². The minimum Gasteiger partial charge on any atom is -0.349 e. The quantitative estimate of drug-likeness (QED) is 0.386. The molecule has 2 aromatic carbocycles. The first-order chi connectivity index (χ1) is 16.6. The van der Waals surface area contributed by atoms with E-state index in [9.17, 15) is 14.4 Å². The molecule has 176 valence electrons. The number of hydrogen-bond acceptors (Lipinski definition) is 5. The third kappa shape index (κ3) is 5.17. The summed E-state index contributed by atoms with van der Waals surface area (Å²) in [5, 5.41) is 7.03. The van der Waals surface area contributed by atoms with Crippen LogP contribution in [0.1, 0.15) is 61.3 Å². The zero-order valence-electron chi connectivity index (χ0n) is 19.0. The Morgan fingerprint density at radius 3 is 2.59 bits per heavy atom. The molecule has 1 heterocycles. The van der Waals surface area contributed by atoms with Gasteiger partial charge < -0.3 is 10.6 Å². The lowest BCUT2D eigenvalue weighted by Crippen LogP contribution is -2.29. The molecule has 0 saturated heterocycles. The van der Waals surface area contributed by atoms with Crippen molar-refractivity contribution in [1.82, 2.24) is 14.9 Å². The van der Waals surface area contributed by atoms with Crippen LogP contribution in [0.3, 0.4) is 0 Å². The second-order valence-corrected chi connectivity index (χ2v) is 9.99. The molecular formula is C26H28N4O3S. The Hall–Kier alpha value is -3.13. The topological polar surface area (TPSA) is 93.1 Å². The van der Waals surface area contributed by atoms with Gasteiger partial charge in [0, 0.05) is 23.3 Å². The highest BCUT2D eigenvalue weighted by Gasteiger charge is 2.24. The fraction of sp³-hybridized carbons (Fsp3) is 0.385. The molecule has 2 fully saturated rings. The van der Waals surface area contributed by atoms with Crippen LogP contribution in [-0.4, -0.2) is 33.2 Å². The van der Waals surface area contributed by atoms with E-state index in [1.54, 1.807) is 24.3 Å². The van der Waals surface area contributed by atoms with Gasteiger partial charge in [-0.25, -0.2) is 4.98 Å².